The van der Waals surface area contributed by atoms with Crippen molar-refractivity contribution in [2.45, 2.75) is 6.42 Å². The van der Waals surface area contributed by atoms with E-state index < -0.39 is 0 Å². The Labute approximate surface area is 198 Å². The Morgan fingerprint density at radius 3 is 3.03 bits per heavy atom. The van der Waals surface area contributed by atoms with Crippen molar-refractivity contribution in [3.63, 3.8) is 0 Å². The van der Waals surface area contributed by atoms with Crippen LogP contribution in [-0.2, 0) is 11.2 Å². The molecular formula is C26H27N5O3. The van der Waals surface area contributed by atoms with Gasteiger partial charge in [0.1, 0.15) is 17.2 Å². The van der Waals surface area contributed by atoms with Crippen LogP contribution in [0.2, 0.25) is 0 Å². The molecule has 34 heavy (non-hydrogen) atoms. The number of fused-ring (bicyclic) bond motifs is 1. The molecule has 0 radical (unpaired) electrons. The van der Waals surface area contributed by atoms with E-state index in [0.29, 0.717) is 37.7 Å². The number of methoxy groups -OCH3 is 1. The zero-order chi connectivity index (χ0) is 23.3. The van der Waals surface area contributed by atoms with Gasteiger partial charge in [-0.15, -0.1) is 0 Å². The van der Waals surface area contributed by atoms with Crippen molar-refractivity contribution < 1.29 is 14.3 Å². The largest absolute Gasteiger partial charge is 0.497 e. The van der Waals surface area contributed by atoms with Gasteiger partial charge in [-0.25, -0.2) is 9.97 Å². The number of hydrogen-bond donors (Lipinski definition) is 1. The first-order chi connectivity index (χ1) is 16.7. The Morgan fingerprint density at radius 2 is 2.12 bits per heavy atom. The first-order valence-corrected chi connectivity index (χ1v) is 11.3. The lowest BCUT2D eigenvalue weighted by molar-refractivity contribution is 0.0738. The Balaban J connectivity index is 1.33. The predicted octanol–water partition coefficient (Wildman–Crippen LogP) is 3.81. The van der Waals surface area contributed by atoms with Crippen LogP contribution in [0.3, 0.4) is 0 Å². The van der Waals surface area contributed by atoms with Crippen LogP contribution in [0.1, 0.15) is 15.9 Å². The van der Waals surface area contributed by atoms with Crippen molar-refractivity contribution in [2.75, 3.05) is 38.7 Å². The molecule has 0 bridgehead atoms. The zero-order valence-corrected chi connectivity index (χ0v) is 19.1. The summed E-state index contributed by atoms with van der Waals surface area (Å²) in [7, 11) is 1.63. The molecule has 1 fully saturated rings. The van der Waals surface area contributed by atoms with E-state index in [1.807, 2.05) is 51.9 Å². The summed E-state index contributed by atoms with van der Waals surface area (Å²) in [6.07, 6.45) is 8.33. The Kier molecular flexibility index (Phi) is 6.40. The first kappa shape index (κ1) is 21.9. The van der Waals surface area contributed by atoms with Gasteiger partial charge >= 0.3 is 0 Å². The van der Waals surface area contributed by atoms with E-state index in [1.165, 1.54) is 5.56 Å². The van der Waals surface area contributed by atoms with E-state index in [0.717, 1.165) is 23.5 Å². The summed E-state index contributed by atoms with van der Waals surface area (Å²) in [5, 5.41) is 3.27. The molecule has 5 rings (SSSR count). The summed E-state index contributed by atoms with van der Waals surface area (Å²) < 4.78 is 13.2. The molecule has 174 valence electrons. The van der Waals surface area contributed by atoms with Crippen molar-refractivity contribution in [3.05, 3.63) is 84.4 Å². The van der Waals surface area contributed by atoms with Crippen LogP contribution in [0.15, 0.2) is 73.3 Å². The number of rotatable bonds is 6. The molecule has 1 saturated heterocycles. The predicted molar refractivity (Wildman–Crippen MR) is 130 cm³/mol. The van der Waals surface area contributed by atoms with E-state index >= 15 is 0 Å². The number of nitrogens with zero attached hydrogens (tertiary/aromatic N) is 4. The molecule has 8 nitrogen and oxygen atoms in total. The van der Waals surface area contributed by atoms with Crippen molar-refractivity contribution in [1.29, 1.82) is 0 Å². The molecule has 0 spiro atoms. The molecule has 1 aliphatic heterocycles. The van der Waals surface area contributed by atoms with Gasteiger partial charge in [-0.05, 0) is 42.3 Å². The minimum absolute atomic E-state index is 0.0564. The summed E-state index contributed by atoms with van der Waals surface area (Å²) in [6.45, 7) is 2.30. The van der Waals surface area contributed by atoms with Crippen LogP contribution in [0.25, 0.3) is 5.65 Å². The van der Waals surface area contributed by atoms with Crippen molar-refractivity contribution >= 4 is 23.1 Å². The zero-order valence-electron chi connectivity index (χ0n) is 19.1. The van der Waals surface area contributed by atoms with Crippen molar-refractivity contribution in [3.8, 4) is 5.75 Å². The third kappa shape index (κ3) is 4.87. The maximum Gasteiger partial charge on any atom is 0.257 e. The number of imidazole rings is 1. The lowest BCUT2D eigenvalue weighted by Crippen LogP contribution is -2.36. The Bertz CT molecular complexity index is 1290. The average molecular weight is 458 g/mol. The minimum Gasteiger partial charge on any atom is -0.497 e. The second kappa shape index (κ2) is 9.93. The number of amides is 1. The number of hydrogen-bond acceptors (Lipinski definition) is 6. The van der Waals surface area contributed by atoms with Crippen LogP contribution in [0.5, 0.6) is 5.75 Å². The Hall–Kier alpha value is -3.91. The molecule has 1 aromatic carbocycles. The van der Waals surface area contributed by atoms with Crippen LogP contribution < -0.4 is 10.1 Å². The van der Waals surface area contributed by atoms with Gasteiger partial charge in [-0.3, -0.25) is 4.79 Å². The summed E-state index contributed by atoms with van der Waals surface area (Å²) in [5.41, 5.74) is 3.45. The number of ether oxygens (including phenoxy) is 2. The van der Waals surface area contributed by atoms with Gasteiger partial charge < -0.3 is 24.1 Å². The molecule has 0 saturated carbocycles. The molecule has 1 atom stereocenters. The SMILES string of the molecule is COc1cccc(Nc2ncccc2C(=O)N2CCOC[C@@H](Cc3ccc4nccn4c3)C2)c1. The van der Waals surface area contributed by atoms with Crippen molar-refractivity contribution in [2.24, 2.45) is 5.92 Å². The van der Waals surface area contributed by atoms with Gasteiger partial charge in [-0.2, -0.15) is 0 Å². The first-order valence-electron chi connectivity index (χ1n) is 11.3. The van der Waals surface area contributed by atoms with Crippen LogP contribution >= 0.6 is 0 Å². The maximum absolute atomic E-state index is 13.6. The smallest absolute Gasteiger partial charge is 0.257 e. The molecule has 0 unspecified atom stereocenters. The monoisotopic (exact) mass is 457 g/mol. The van der Waals surface area contributed by atoms with Gasteiger partial charge in [0.25, 0.3) is 5.91 Å². The highest BCUT2D eigenvalue weighted by Crippen LogP contribution is 2.24. The summed E-state index contributed by atoms with van der Waals surface area (Å²) in [4.78, 5) is 24.2. The maximum atomic E-state index is 13.6. The fraction of sp³-hybridized carbons (Fsp3) is 0.269. The number of pyridine rings is 2. The molecule has 4 heterocycles. The van der Waals surface area contributed by atoms with E-state index in [-0.39, 0.29) is 11.8 Å². The molecule has 4 aromatic rings. The van der Waals surface area contributed by atoms with E-state index in [4.69, 9.17) is 9.47 Å². The molecule has 1 amide bonds. The summed E-state index contributed by atoms with van der Waals surface area (Å²) in [6, 6.07) is 15.3. The summed E-state index contributed by atoms with van der Waals surface area (Å²) >= 11 is 0. The van der Waals surface area contributed by atoms with Gasteiger partial charge in [-0.1, -0.05) is 12.1 Å². The highest BCUT2D eigenvalue weighted by Gasteiger charge is 2.25. The van der Waals surface area contributed by atoms with Gasteiger partial charge in [0.2, 0.25) is 0 Å². The van der Waals surface area contributed by atoms with Crippen LogP contribution in [0.4, 0.5) is 11.5 Å². The van der Waals surface area contributed by atoms with E-state index in [9.17, 15) is 4.79 Å². The summed E-state index contributed by atoms with van der Waals surface area (Å²) in [5.74, 6) is 1.39. The standard InChI is InChI=1S/C26H27N5O3/c1-33-22-5-2-4-21(15-22)29-25-23(6-3-9-28-25)26(32)31-12-13-34-18-20(17-31)14-19-7-8-24-27-10-11-30(24)16-19/h2-11,15-16,20H,12-14,17-18H2,1H3,(H,28,29)/t20-/m0/s1. The van der Waals surface area contributed by atoms with Crippen LogP contribution in [-0.4, -0.2) is 58.6 Å². The third-order valence-electron chi connectivity index (χ3n) is 5.97. The minimum atomic E-state index is -0.0564. The lowest BCUT2D eigenvalue weighted by Gasteiger charge is -2.24. The van der Waals surface area contributed by atoms with E-state index in [2.05, 4.69) is 27.5 Å². The number of carbonyl (C=O) groups is 1. The quantitative estimate of drug-likeness (QED) is 0.474. The van der Waals surface area contributed by atoms with Gasteiger partial charge in [0, 0.05) is 55.5 Å². The van der Waals surface area contributed by atoms with Gasteiger partial charge in [0.05, 0.1) is 25.9 Å². The molecule has 1 aliphatic rings. The molecule has 8 heteroatoms. The Morgan fingerprint density at radius 1 is 1.18 bits per heavy atom. The normalized spacial score (nSPS) is 16.3. The second-order valence-electron chi connectivity index (χ2n) is 8.38. The fourth-order valence-corrected chi connectivity index (χ4v) is 4.29. The molecule has 3 aromatic heterocycles. The highest BCUT2D eigenvalue weighted by atomic mass is 16.5. The van der Waals surface area contributed by atoms with E-state index in [1.54, 1.807) is 25.6 Å². The van der Waals surface area contributed by atoms with Crippen molar-refractivity contribution in [1.82, 2.24) is 19.3 Å². The fourth-order valence-electron chi connectivity index (χ4n) is 4.29. The topological polar surface area (TPSA) is 81.0 Å². The number of aromatic nitrogens is 3. The van der Waals surface area contributed by atoms with Crippen LogP contribution in [0, 0.1) is 5.92 Å². The molecule has 0 aliphatic carbocycles. The third-order valence-corrected chi connectivity index (χ3v) is 5.97. The average Bonchev–Trinajstić information content (AvgIpc) is 3.21. The number of nitrogens with one attached hydrogen (secondary N) is 1. The number of carbonyl (C=O) groups excluding carboxylic acids is 1. The lowest BCUT2D eigenvalue weighted by atomic mass is 10.0. The molecular weight excluding hydrogens is 430 g/mol. The number of anilines is 2. The highest BCUT2D eigenvalue weighted by molar-refractivity contribution is 5.99. The molecule has 1 N–H and O–H groups in total. The number of benzene rings is 1. The second-order valence-corrected chi connectivity index (χ2v) is 8.38. The van der Waals surface area contributed by atoms with Gasteiger partial charge in [0.15, 0.2) is 0 Å².